The highest BCUT2D eigenvalue weighted by Crippen LogP contribution is 2.33. The Morgan fingerprint density at radius 2 is 1.44 bits per heavy atom. The van der Waals surface area contributed by atoms with Crippen molar-refractivity contribution in [2.45, 2.75) is 6.42 Å². The van der Waals surface area contributed by atoms with Crippen molar-refractivity contribution in [1.29, 1.82) is 0 Å². The molecular formula is C23H16O4. The number of hydrogen-bond acceptors (Lipinski definition) is 3. The summed E-state index contributed by atoms with van der Waals surface area (Å²) in [4.78, 5) is 24.6. The van der Waals surface area contributed by atoms with Gasteiger partial charge in [0.15, 0.2) is 0 Å². The van der Waals surface area contributed by atoms with Crippen molar-refractivity contribution in [2.75, 3.05) is 0 Å². The van der Waals surface area contributed by atoms with Gasteiger partial charge in [0.1, 0.15) is 11.3 Å². The fourth-order valence-electron chi connectivity index (χ4n) is 3.24. The molecule has 1 aromatic heterocycles. The van der Waals surface area contributed by atoms with E-state index in [0.29, 0.717) is 27.9 Å². The Labute approximate surface area is 155 Å². The topological polar surface area (TPSA) is 67.5 Å². The number of fused-ring (bicyclic) bond motifs is 1. The maximum Gasteiger partial charge on any atom is 0.307 e. The zero-order chi connectivity index (χ0) is 18.8. The number of aliphatic carboxylic acids is 1. The molecule has 0 atom stereocenters. The molecular weight excluding hydrogens is 340 g/mol. The van der Waals surface area contributed by atoms with Crippen LogP contribution >= 0.6 is 0 Å². The van der Waals surface area contributed by atoms with Gasteiger partial charge in [-0.25, -0.2) is 0 Å². The summed E-state index contributed by atoms with van der Waals surface area (Å²) in [6.07, 6.45) is -0.209. The molecule has 4 nitrogen and oxygen atoms in total. The summed E-state index contributed by atoms with van der Waals surface area (Å²) >= 11 is 0. The van der Waals surface area contributed by atoms with Gasteiger partial charge in [0.2, 0.25) is 5.43 Å². The van der Waals surface area contributed by atoms with Gasteiger partial charge in [-0.05, 0) is 11.6 Å². The number of hydrogen-bond donors (Lipinski definition) is 1. The van der Waals surface area contributed by atoms with E-state index in [4.69, 9.17) is 4.42 Å². The lowest BCUT2D eigenvalue weighted by atomic mass is 9.97. The number of carbonyl (C=O) groups is 1. The molecule has 0 saturated heterocycles. The van der Waals surface area contributed by atoms with Crippen LogP contribution < -0.4 is 5.43 Å². The Kier molecular flexibility index (Phi) is 4.30. The van der Waals surface area contributed by atoms with Crippen LogP contribution in [0.25, 0.3) is 33.4 Å². The average Bonchev–Trinajstić information content (AvgIpc) is 2.69. The monoisotopic (exact) mass is 356 g/mol. The first-order valence-electron chi connectivity index (χ1n) is 8.56. The molecule has 0 amide bonds. The first-order chi connectivity index (χ1) is 13.1. The van der Waals surface area contributed by atoms with Crippen molar-refractivity contribution >= 4 is 16.9 Å². The minimum atomic E-state index is -0.974. The Morgan fingerprint density at radius 1 is 0.815 bits per heavy atom. The lowest BCUT2D eigenvalue weighted by molar-refractivity contribution is -0.136. The third kappa shape index (κ3) is 3.13. The van der Waals surface area contributed by atoms with E-state index in [1.807, 2.05) is 60.7 Å². The Balaban J connectivity index is 2.11. The van der Waals surface area contributed by atoms with Gasteiger partial charge in [-0.3, -0.25) is 9.59 Å². The van der Waals surface area contributed by atoms with Crippen molar-refractivity contribution in [3.63, 3.8) is 0 Å². The maximum absolute atomic E-state index is 13.4. The third-order valence-corrected chi connectivity index (χ3v) is 4.44. The SMILES string of the molecule is O=C(O)Cc1cccc2c(=O)c(-c3ccccc3)c(-c3ccccc3)oc12. The molecule has 4 aromatic rings. The first kappa shape index (κ1) is 16.8. The summed E-state index contributed by atoms with van der Waals surface area (Å²) in [5.41, 5.74) is 2.63. The van der Waals surface area contributed by atoms with E-state index in [1.165, 1.54) is 0 Å². The van der Waals surface area contributed by atoms with Gasteiger partial charge < -0.3 is 9.52 Å². The average molecular weight is 356 g/mol. The highest BCUT2D eigenvalue weighted by Gasteiger charge is 2.19. The Bertz CT molecular complexity index is 1180. The quantitative estimate of drug-likeness (QED) is 0.573. The van der Waals surface area contributed by atoms with E-state index in [2.05, 4.69) is 0 Å². The van der Waals surface area contributed by atoms with Crippen LogP contribution in [-0.4, -0.2) is 11.1 Å². The van der Waals surface area contributed by atoms with Gasteiger partial charge in [-0.1, -0.05) is 72.8 Å². The van der Waals surface area contributed by atoms with Crippen LogP contribution in [0.3, 0.4) is 0 Å². The van der Waals surface area contributed by atoms with Gasteiger partial charge in [-0.2, -0.15) is 0 Å². The molecule has 0 saturated carbocycles. The van der Waals surface area contributed by atoms with E-state index >= 15 is 0 Å². The van der Waals surface area contributed by atoms with E-state index in [-0.39, 0.29) is 11.8 Å². The van der Waals surface area contributed by atoms with Crippen LogP contribution in [0.15, 0.2) is 88.1 Å². The number of para-hydroxylation sites is 1. The van der Waals surface area contributed by atoms with E-state index in [0.717, 1.165) is 11.1 Å². The zero-order valence-corrected chi connectivity index (χ0v) is 14.4. The Morgan fingerprint density at radius 3 is 2.07 bits per heavy atom. The van der Waals surface area contributed by atoms with Gasteiger partial charge in [0, 0.05) is 11.1 Å². The van der Waals surface area contributed by atoms with Gasteiger partial charge in [0.25, 0.3) is 0 Å². The molecule has 0 aliphatic heterocycles. The largest absolute Gasteiger partial charge is 0.481 e. The predicted molar refractivity (Wildman–Crippen MR) is 105 cm³/mol. The summed E-state index contributed by atoms with van der Waals surface area (Å²) in [6.45, 7) is 0. The van der Waals surface area contributed by atoms with Gasteiger partial charge in [-0.15, -0.1) is 0 Å². The molecule has 1 N–H and O–H groups in total. The molecule has 0 fully saturated rings. The number of carboxylic acids is 1. The van der Waals surface area contributed by atoms with Gasteiger partial charge in [0.05, 0.1) is 17.4 Å². The molecule has 1 heterocycles. The Hall–Kier alpha value is -3.66. The second-order valence-corrected chi connectivity index (χ2v) is 6.23. The van der Waals surface area contributed by atoms with Crippen LogP contribution in [0.5, 0.6) is 0 Å². The molecule has 0 aliphatic rings. The normalized spacial score (nSPS) is 10.8. The molecule has 132 valence electrons. The predicted octanol–water partition coefficient (Wildman–Crippen LogP) is 4.75. The first-order valence-corrected chi connectivity index (χ1v) is 8.56. The highest BCUT2D eigenvalue weighted by molar-refractivity contribution is 5.91. The number of benzene rings is 3. The molecule has 0 unspecified atom stereocenters. The smallest absolute Gasteiger partial charge is 0.307 e. The van der Waals surface area contributed by atoms with Crippen molar-refractivity contribution < 1.29 is 14.3 Å². The molecule has 4 heteroatoms. The summed E-state index contributed by atoms with van der Waals surface area (Å²) in [5.74, 6) is -0.532. The van der Waals surface area contributed by atoms with Crippen LogP contribution in [0.4, 0.5) is 0 Å². The van der Waals surface area contributed by atoms with Crippen LogP contribution in [-0.2, 0) is 11.2 Å². The van der Waals surface area contributed by atoms with Crippen molar-refractivity contribution in [3.05, 3.63) is 94.6 Å². The van der Waals surface area contributed by atoms with Crippen molar-refractivity contribution in [3.8, 4) is 22.5 Å². The minimum absolute atomic E-state index is 0.173. The summed E-state index contributed by atoms with van der Waals surface area (Å²) in [6, 6.07) is 23.8. The maximum atomic E-state index is 13.4. The fourth-order valence-corrected chi connectivity index (χ4v) is 3.24. The van der Waals surface area contributed by atoms with E-state index < -0.39 is 5.97 Å². The van der Waals surface area contributed by atoms with Crippen molar-refractivity contribution in [1.82, 2.24) is 0 Å². The molecule has 3 aromatic carbocycles. The summed E-state index contributed by atoms with van der Waals surface area (Å²) in [7, 11) is 0. The molecule has 27 heavy (non-hydrogen) atoms. The van der Waals surface area contributed by atoms with Crippen LogP contribution in [0.1, 0.15) is 5.56 Å². The summed E-state index contributed by atoms with van der Waals surface area (Å²) in [5, 5.41) is 9.58. The minimum Gasteiger partial charge on any atom is -0.481 e. The lowest BCUT2D eigenvalue weighted by Crippen LogP contribution is -2.09. The molecule has 0 radical (unpaired) electrons. The fraction of sp³-hybridized carbons (Fsp3) is 0.0435. The van der Waals surface area contributed by atoms with Crippen LogP contribution in [0, 0.1) is 0 Å². The molecule has 0 bridgehead atoms. The lowest BCUT2D eigenvalue weighted by Gasteiger charge is -2.12. The standard InChI is InChI=1S/C23H16O4/c24-19(25)14-17-12-7-13-18-21(26)20(15-8-3-1-4-9-15)23(27-22(17)18)16-10-5-2-6-11-16/h1-13H,14H2,(H,24,25). The highest BCUT2D eigenvalue weighted by atomic mass is 16.4. The molecule has 0 aliphatic carbocycles. The second-order valence-electron chi connectivity index (χ2n) is 6.23. The van der Waals surface area contributed by atoms with Crippen molar-refractivity contribution in [2.24, 2.45) is 0 Å². The number of rotatable bonds is 4. The van der Waals surface area contributed by atoms with E-state index in [1.54, 1.807) is 18.2 Å². The third-order valence-electron chi connectivity index (χ3n) is 4.44. The summed E-state index contributed by atoms with van der Waals surface area (Å²) < 4.78 is 6.18. The van der Waals surface area contributed by atoms with Gasteiger partial charge >= 0.3 is 5.97 Å². The van der Waals surface area contributed by atoms with E-state index in [9.17, 15) is 14.7 Å². The number of carboxylic acid groups (broad SMARTS) is 1. The second kappa shape index (κ2) is 6.92. The van der Waals surface area contributed by atoms with Crippen LogP contribution in [0.2, 0.25) is 0 Å². The zero-order valence-electron chi connectivity index (χ0n) is 14.4. The molecule has 4 rings (SSSR count). The molecule has 0 spiro atoms.